The molecule has 0 aliphatic heterocycles. The monoisotopic (exact) mass is 331 g/mol. The van der Waals surface area contributed by atoms with Crippen molar-refractivity contribution in [3.05, 3.63) is 65.7 Å². The summed E-state index contributed by atoms with van der Waals surface area (Å²) in [6.07, 6.45) is 18.6. The fraction of sp³-hybridized carbons (Fsp3) is 0.450. The number of rotatable bonds is 10. The zero-order chi connectivity index (χ0) is 16.3. The highest BCUT2D eigenvalue weighted by atomic mass is 35.5. The van der Waals surface area contributed by atoms with Crippen molar-refractivity contribution in [2.45, 2.75) is 58.5 Å². The van der Waals surface area contributed by atoms with Crippen molar-refractivity contribution in [1.82, 2.24) is 4.57 Å². The molecular formula is C20H28ClN2+. The Hall–Kier alpha value is -1.54. The van der Waals surface area contributed by atoms with Crippen molar-refractivity contribution in [3.63, 3.8) is 0 Å². The van der Waals surface area contributed by atoms with Gasteiger partial charge in [-0.3, -0.25) is 0 Å². The number of allylic oxidation sites excluding steroid dienone is 2. The van der Waals surface area contributed by atoms with Gasteiger partial charge in [0.15, 0.2) is 0 Å². The predicted octanol–water partition coefficient (Wildman–Crippen LogP) is 5.20. The number of aromatic nitrogens is 2. The first-order chi connectivity index (χ1) is 11.3. The van der Waals surface area contributed by atoms with Gasteiger partial charge in [0, 0.05) is 5.02 Å². The van der Waals surface area contributed by atoms with E-state index in [1.54, 1.807) is 0 Å². The molecule has 0 saturated heterocycles. The van der Waals surface area contributed by atoms with Crippen LogP contribution in [0.5, 0.6) is 0 Å². The minimum atomic E-state index is 0.796. The first-order valence-corrected chi connectivity index (χ1v) is 9.10. The second-order valence-electron chi connectivity index (χ2n) is 6.06. The van der Waals surface area contributed by atoms with Crippen LogP contribution in [0.1, 0.15) is 44.6 Å². The third-order valence-corrected chi connectivity index (χ3v) is 4.27. The van der Waals surface area contributed by atoms with Gasteiger partial charge in [-0.1, -0.05) is 56.0 Å². The number of aryl methyl sites for hydroxylation is 1. The lowest BCUT2D eigenvalue weighted by molar-refractivity contribution is -0.686. The molecular weight excluding hydrogens is 304 g/mol. The molecule has 1 aromatic heterocycles. The van der Waals surface area contributed by atoms with Crippen LogP contribution >= 0.6 is 11.6 Å². The van der Waals surface area contributed by atoms with Crippen LogP contribution in [-0.4, -0.2) is 4.57 Å². The highest BCUT2D eigenvalue weighted by Gasteiger charge is 2.01. The highest BCUT2D eigenvalue weighted by molar-refractivity contribution is 6.30. The van der Waals surface area contributed by atoms with E-state index < -0.39 is 0 Å². The predicted molar refractivity (Wildman–Crippen MR) is 97.7 cm³/mol. The molecule has 2 rings (SSSR count). The molecule has 23 heavy (non-hydrogen) atoms. The molecule has 0 aliphatic carbocycles. The maximum absolute atomic E-state index is 5.89. The van der Waals surface area contributed by atoms with Crippen molar-refractivity contribution >= 4 is 11.6 Å². The third kappa shape index (κ3) is 7.04. The van der Waals surface area contributed by atoms with E-state index >= 15 is 0 Å². The van der Waals surface area contributed by atoms with Gasteiger partial charge in [-0.25, -0.2) is 9.13 Å². The molecule has 0 saturated carbocycles. The quantitative estimate of drug-likeness (QED) is 0.321. The summed E-state index contributed by atoms with van der Waals surface area (Å²) in [4.78, 5) is 0. The van der Waals surface area contributed by atoms with E-state index in [1.807, 2.05) is 12.1 Å². The van der Waals surface area contributed by atoms with Crippen LogP contribution in [0.15, 0.2) is 55.1 Å². The van der Waals surface area contributed by atoms with Gasteiger partial charge < -0.3 is 0 Å². The Kier molecular flexibility index (Phi) is 7.96. The van der Waals surface area contributed by atoms with E-state index in [4.69, 9.17) is 11.6 Å². The number of imidazole rings is 1. The molecule has 0 amide bonds. The van der Waals surface area contributed by atoms with Gasteiger partial charge in [-0.05, 0) is 43.0 Å². The molecule has 124 valence electrons. The molecule has 0 atom stereocenters. The summed E-state index contributed by atoms with van der Waals surface area (Å²) < 4.78 is 4.52. The average molecular weight is 332 g/mol. The van der Waals surface area contributed by atoms with Gasteiger partial charge in [0.2, 0.25) is 6.33 Å². The molecule has 0 bridgehead atoms. The Morgan fingerprint density at radius 2 is 1.83 bits per heavy atom. The Morgan fingerprint density at radius 1 is 1.04 bits per heavy atom. The smallest absolute Gasteiger partial charge is 0.237 e. The van der Waals surface area contributed by atoms with E-state index in [9.17, 15) is 0 Å². The van der Waals surface area contributed by atoms with E-state index in [2.05, 4.69) is 59.1 Å². The van der Waals surface area contributed by atoms with Gasteiger partial charge in [0.05, 0.1) is 6.54 Å². The molecule has 3 heteroatoms. The van der Waals surface area contributed by atoms with Gasteiger partial charge >= 0.3 is 0 Å². The minimum absolute atomic E-state index is 0.796. The lowest BCUT2D eigenvalue weighted by Crippen LogP contribution is -2.29. The molecule has 0 N–H and O–H groups in total. The van der Waals surface area contributed by atoms with Gasteiger partial charge in [0.1, 0.15) is 18.9 Å². The Morgan fingerprint density at radius 3 is 2.61 bits per heavy atom. The highest BCUT2D eigenvalue weighted by Crippen LogP contribution is 2.10. The number of hydrogen-bond acceptors (Lipinski definition) is 0. The number of hydrogen-bond donors (Lipinski definition) is 0. The van der Waals surface area contributed by atoms with E-state index in [0.29, 0.717) is 0 Å². The molecule has 0 aliphatic rings. The summed E-state index contributed by atoms with van der Waals surface area (Å²) in [6, 6.07) is 8.05. The number of benzene rings is 1. The molecule has 0 radical (unpaired) electrons. The van der Waals surface area contributed by atoms with Crippen molar-refractivity contribution < 1.29 is 4.57 Å². The van der Waals surface area contributed by atoms with Gasteiger partial charge in [-0.15, -0.1) is 0 Å². The number of halogens is 1. The SMILES string of the molecule is CCCCCCCn1cc[n+](C/C=C/Cc2ccc(Cl)cc2)c1. The summed E-state index contributed by atoms with van der Waals surface area (Å²) in [5.74, 6) is 0. The molecule has 2 aromatic rings. The second kappa shape index (κ2) is 10.3. The van der Waals surface area contributed by atoms with Crippen LogP contribution in [0, 0.1) is 0 Å². The molecule has 0 spiro atoms. The summed E-state index contributed by atoms with van der Waals surface area (Å²) in [7, 11) is 0. The molecule has 1 aromatic carbocycles. The summed E-state index contributed by atoms with van der Waals surface area (Å²) >= 11 is 5.89. The van der Waals surface area contributed by atoms with Crippen molar-refractivity contribution in [1.29, 1.82) is 0 Å². The topological polar surface area (TPSA) is 8.81 Å². The lowest BCUT2D eigenvalue weighted by Gasteiger charge is -1.97. The maximum atomic E-state index is 5.89. The first kappa shape index (κ1) is 17.8. The van der Waals surface area contributed by atoms with Gasteiger partial charge in [0.25, 0.3) is 0 Å². The normalized spacial score (nSPS) is 11.4. The van der Waals surface area contributed by atoms with Crippen LogP contribution in [-0.2, 0) is 19.5 Å². The second-order valence-corrected chi connectivity index (χ2v) is 6.50. The lowest BCUT2D eigenvalue weighted by atomic mass is 10.1. The van der Waals surface area contributed by atoms with Crippen molar-refractivity contribution in [3.8, 4) is 0 Å². The van der Waals surface area contributed by atoms with Crippen LogP contribution in [0.4, 0.5) is 0 Å². The minimum Gasteiger partial charge on any atom is -0.237 e. The zero-order valence-electron chi connectivity index (χ0n) is 14.1. The molecule has 0 unspecified atom stereocenters. The van der Waals surface area contributed by atoms with Crippen LogP contribution in [0.25, 0.3) is 0 Å². The van der Waals surface area contributed by atoms with E-state index in [0.717, 1.165) is 24.5 Å². The van der Waals surface area contributed by atoms with Crippen LogP contribution in [0.3, 0.4) is 0 Å². The largest absolute Gasteiger partial charge is 0.244 e. The van der Waals surface area contributed by atoms with Crippen LogP contribution in [0.2, 0.25) is 5.02 Å². The Bertz CT molecular complexity index is 584. The maximum Gasteiger partial charge on any atom is 0.244 e. The first-order valence-electron chi connectivity index (χ1n) is 8.72. The Labute approximate surface area is 145 Å². The van der Waals surface area contributed by atoms with Gasteiger partial charge in [-0.2, -0.15) is 0 Å². The molecule has 1 heterocycles. The molecule has 2 nitrogen and oxygen atoms in total. The number of nitrogens with zero attached hydrogens (tertiary/aromatic N) is 2. The average Bonchev–Trinajstić information content (AvgIpc) is 3.01. The van der Waals surface area contributed by atoms with E-state index in [-0.39, 0.29) is 0 Å². The van der Waals surface area contributed by atoms with E-state index in [1.165, 1.54) is 37.7 Å². The summed E-state index contributed by atoms with van der Waals surface area (Å²) in [6.45, 7) is 4.32. The van der Waals surface area contributed by atoms with Crippen molar-refractivity contribution in [2.24, 2.45) is 0 Å². The fourth-order valence-corrected chi connectivity index (χ4v) is 2.74. The number of unbranched alkanes of at least 4 members (excludes halogenated alkanes) is 4. The molecule has 0 fully saturated rings. The summed E-state index contributed by atoms with van der Waals surface area (Å²) in [5.41, 5.74) is 1.29. The zero-order valence-corrected chi connectivity index (χ0v) is 14.9. The van der Waals surface area contributed by atoms with Crippen LogP contribution < -0.4 is 4.57 Å². The standard InChI is InChI=1S/C20H28ClN2/c1-2-3-4-5-7-14-22-16-17-23(18-22)15-8-6-9-19-10-12-20(21)13-11-19/h6,8,10-13,16-18H,2-5,7,9,14-15H2,1H3/q+1/b8-6+. The third-order valence-electron chi connectivity index (χ3n) is 4.02. The van der Waals surface area contributed by atoms with Crippen molar-refractivity contribution in [2.75, 3.05) is 0 Å². The Balaban J connectivity index is 1.67. The summed E-state index contributed by atoms with van der Waals surface area (Å²) in [5, 5.41) is 0.796. The fourth-order valence-electron chi connectivity index (χ4n) is 2.61.